The lowest BCUT2D eigenvalue weighted by Gasteiger charge is -2.10. The highest BCUT2D eigenvalue weighted by Gasteiger charge is 2.08. The van der Waals surface area contributed by atoms with Gasteiger partial charge in [0, 0.05) is 8.95 Å². The van der Waals surface area contributed by atoms with Crippen molar-refractivity contribution in [2.45, 2.75) is 39.5 Å². The van der Waals surface area contributed by atoms with E-state index in [0.29, 0.717) is 24.7 Å². The molecule has 0 heterocycles. The SMILES string of the molecule is Cc1cc(Br)ccc1OCC(=O)OCCCCCCOC(=O)COc1ccc(Br)cc1C. The van der Waals surface area contributed by atoms with Crippen molar-refractivity contribution in [3.63, 3.8) is 0 Å². The summed E-state index contributed by atoms with van der Waals surface area (Å²) in [5.74, 6) is 0.554. The summed E-state index contributed by atoms with van der Waals surface area (Å²) in [5.41, 5.74) is 1.89. The zero-order valence-electron chi connectivity index (χ0n) is 18.3. The molecule has 8 heteroatoms. The third kappa shape index (κ3) is 10.0. The molecule has 2 aromatic rings. The maximum Gasteiger partial charge on any atom is 0.344 e. The van der Waals surface area contributed by atoms with Crippen molar-refractivity contribution in [2.24, 2.45) is 0 Å². The summed E-state index contributed by atoms with van der Waals surface area (Å²) in [6, 6.07) is 11.2. The molecule has 0 bridgehead atoms. The molecule has 0 saturated heterocycles. The molecule has 2 rings (SSSR count). The van der Waals surface area contributed by atoms with E-state index in [4.69, 9.17) is 18.9 Å². The van der Waals surface area contributed by atoms with Gasteiger partial charge in [-0.15, -0.1) is 0 Å². The van der Waals surface area contributed by atoms with Gasteiger partial charge in [-0.05, 0) is 87.1 Å². The van der Waals surface area contributed by atoms with Gasteiger partial charge in [-0.25, -0.2) is 9.59 Å². The summed E-state index contributed by atoms with van der Waals surface area (Å²) in [6.45, 7) is 4.31. The highest BCUT2D eigenvalue weighted by Crippen LogP contribution is 2.23. The second-order valence-electron chi connectivity index (χ2n) is 7.25. The first kappa shape index (κ1) is 26.2. The van der Waals surface area contributed by atoms with E-state index in [9.17, 15) is 9.59 Å². The molecule has 0 unspecified atom stereocenters. The molecular weight excluding hydrogens is 544 g/mol. The Morgan fingerprint density at radius 2 is 1.09 bits per heavy atom. The van der Waals surface area contributed by atoms with E-state index >= 15 is 0 Å². The van der Waals surface area contributed by atoms with Crippen LogP contribution in [-0.2, 0) is 19.1 Å². The monoisotopic (exact) mass is 570 g/mol. The fourth-order valence-corrected chi connectivity index (χ4v) is 3.79. The van der Waals surface area contributed by atoms with Crippen LogP contribution in [0.1, 0.15) is 36.8 Å². The largest absolute Gasteiger partial charge is 0.482 e. The first-order valence-corrected chi connectivity index (χ1v) is 12.0. The molecule has 0 aromatic heterocycles. The van der Waals surface area contributed by atoms with Crippen LogP contribution in [0.3, 0.4) is 0 Å². The van der Waals surface area contributed by atoms with Gasteiger partial charge in [0.2, 0.25) is 0 Å². The van der Waals surface area contributed by atoms with Gasteiger partial charge in [-0.2, -0.15) is 0 Å². The third-order valence-electron chi connectivity index (χ3n) is 4.53. The molecule has 0 spiro atoms. The number of carbonyl (C=O) groups excluding carboxylic acids is 2. The summed E-state index contributed by atoms with van der Waals surface area (Å²) >= 11 is 6.78. The number of ether oxygens (including phenoxy) is 4. The predicted molar refractivity (Wildman–Crippen MR) is 129 cm³/mol. The summed E-state index contributed by atoms with van der Waals surface area (Å²) in [4.78, 5) is 23.6. The fraction of sp³-hybridized carbons (Fsp3) is 0.417. The average Bonchev–Trinajstić information content (AvgIpc) is 2.74. The van der Waals surface area contributed by atoms with Crippen molar-refractivity contribution in [3.05, 3.63) is 56.5 Å². The van der Waals surface area contributed by atoms with Crippen molar-refractivity contribution in [2.75, 3.05) is 26.4 Å². The van der Waals surface area contributed by atoms with Crippen molar-refractivity contribution >= 4 is 43.8 Å². The molecule has 0 fully saturated rings. The van der Waals surface area contributed by atoms with E-state index in [2.05, 4.69) is 31.9 Å². The average molecular weight is 572 g/mol. The normalized spacial score (nSPS) is 10.5. The second-order valence-corrected chi connectivity index (χ2v) is 9.08. The number of rotatable bonds is 13. The lowest BCUT2D eigenvalue weighted by atomic mass is 10.2. The smallest absolute Gasteiger partial charge is 0.344 e. The lowest BCUT2D eigenvalue weighted by Crippen LogP contribution is -2.16. The van der Waals surface area contributed by atoms with E-state index in [-0.39, 0.29) is 25.2 Å². The van der Waals surface area contributed by atoms with Gasteiger partial charge in [0.25, 0.3) is 0 Å². The number of benzene rings is 2. The lowest BCUT2D eigenvalue weighted by molar-refractivity contribution is -0.147. The van der Waals surface area contributed by atoms with Crippen LogP contribution in [0.25, 0.3) is 0 Å². The molecule has 6 nitrogen and oxygen atoms in total. The highest BCUT2D eigenvalue weighted by molar-refractivity contribution is 9.10. The Bertz CT molecular complexity index is 827. The van der Waals surface area contributed by atoms with E-state index in [1.807, 2.05) is 50.2 Å². The van der Waals surface area contributed by atoms with Crippen LogP contribution in [-0.4, -0.2) is 38.4 Å². The summed E-state index contributed by atoms with van der Waals surface area (Å²) < 4.78 is 23.3. The van der Waals surface area contributed by atoms with Crippen LogP contribution in [0.5, 0.6) is 11.5 Å². The van der Waals surface area contributed by atoms with E-state index in [0.717, 1.165) is 45.8 Å². The highest BCUT2D eigenvalue weighted by atomic mass is 79.9. The van der Waals surface area contributed by atoms with Crippen LogP contribution in [0.15, 0.2) is 45.3 Å². The Labute approximate surface area is 205 Å². The number of esters is 2. The Morgan fingerprint density at radius 1 is 0.688 bits per heavy atom. The van der Waals surface area contributed by atoms with Gasteiger partial charge in [-0.3, -0.25) is 0 Å². The number of hydrogen-bond donors (Lipinski definition) is 0. The molecule has 0 aliphatic carbocycles. The fourth-order valence-electron chi connectivity index (χ4n) is 2.84. The zero-order valence-corrected chi connectivity index (χ0v) is 21.5. The maximum absolute atomic E-state index is 11.8. The molecule has 0 amide bonds. The van der Waals surface area contributed by atoms with Crippen LogP contribution < -0.4 is 9.47 Å². The van der Waals surface area contributed by atoms with Gasteiger partial charge >= 0.3 is 11.9 Å². The molecule has 0 saturated carbocycles. The van der Waals surface area contributed by atoms with E-state index in [1.54, 1.807) is 0 Å². The van der Waals surface area contributed by atoms with Crippen molar-refractivity contribution in [1.82, 2.24) is 0 Å². The summed E-state index contributed by atoms with van der Waals surface area (Å²) in [6.07, 6.45) is 3.27. The van der Waals surface area contributed by atoms with Gasteiger partial charge < -0.3 is 18.9 Å². The number of hydrogen-bond acceptors (Lipinski definition) is 6. The minimum Gasteiger partial charge on any atom is -0.482 e. The summed E-state index contributed by atoms with van der Waals surface area (Å²) in [7, 11) is 0. The Morgan fingerprint density at radius 3 is 1.47 bits per heavy atom. The van der Waals surface area contributed by atoms with Crippen LogP contribution >= 0.6 is 31.9 Å². The van der Waals surface area contributed by atoms with Gasteiger partial charge in [0.1, 0.15) is 11.5 Å². The third-order valence-corrected chi connectivity index (χ3v) is 5.52. The molecule has 0 atom stereocenters. The Kier molecular flexibility index (Phi) is 11.6. The molecule has 2 aromatic carbocycles. The van der Waals surface area contributed by atoms with Crippen LogP contribution in [0, 0.1) is 13.8 Å². The predicted octanol–water partition coefficient (Wildman–Crippen LogP) is 5.93. The molecule has 0 aliphatic heterocycles. The number of aryl methyl sites for hydroxylation is 2. The standard InChI is InChI=1S/C24H28Br2O6/c1-17-13-19(25)7-9-21(17)31-15-23(27)29-11-5-3-4-6-12-30-24(28)16-32-22-10-8-20(26)14-18(22)2/h7-10,13-14H,3-6,11-12,15-16H2,1-2H3. The van der Waals surface area contributed by atoms with Crippen molar-refractivity contribution < 1.29 is 28.5 Å². The molecule has 0 N–H and O–H groups in total. The first-order chi connectivity index (χ1) is 15.3. The van der Waals surface area contributed by atoms with Gasteiger partial charge in [0.15, 0.2) is 13.2 Å². The second kappa shape index (κ2) is 14.2. The van der Waals surface area contributed by atoms with Crippen LogP contribution in [0.2, 0.25) is 0 Å². The summed E-state index contributed by atoms with van der Waals surface area (Å²) in [5, 5.41) is 0. The maximum atomic E-state index is 11.8. The van der Waals surface area contributed by atoms with Crippen molar-refractivity contribution in [1.29, 1.82) is 0 Å². The molecule has 0 aliphatic rings. The quantitative estimate of drug-likeness (QED) is 0.219. The number of carbonyl (C=O) groups is 2. The Hall–Kier alpha value is -2.06. The number of halogens is 2. The van der Waals surface area contributed by atoms with Gasteiger partial charge in [0.05, 0.1) is 13.2 Å². The molecular formula is C24H28Br2O6. The first-order valence-electron chi connectivity index (χ1n) is 10.4. The number of unbranched alkanes of at least 4 members (excludes halogenated alkanes) is 3. The van der Waals surface area contributed by atoms with Crippen LogP contribution in [0.4, 0.5) is 0 Å². The zero-order chi connectivity index (χ0) is 23.3. The molecule has 174 valence electrons. The van der Waals surface area contributed by atoms with Gasteiger partial charge in [-0.1, -0.05) is 31.9 Å². The van der Waals surface area contributed by atoms with Crippen molar-refractivity contribution in [3.8, 4) is 11.5 Å². The topological polar surface area (TPSA) is 71.1 Å². The van der Waals surface area contributed by atoms with E-state index < -0.39 is 0 Å². The Balaban J connectivity index is 1.46. The van der Waals surface area contributed by atoms with E-state index in [1.165, 1.54) is 0 Å². The minimum atomic E-state index is -0.387. The minimum absolute atomic E-state index is 0.111. The molecule has 0 radical (unpaired) electrons. The molecule has 32 heavy (non-hydrogen) atoms.